The quantitative estimate of drug-likeness (QED) is 0.757. The molecule has 0 bridgehead atoms. The molecule has 0 radical (unpaired) electrons. The highest BCUT2D eigenvalue weighted by Crippen LogP contribution is 2.31. The van der Waals surface area contributed by atoms with Crippen molar-refractivity contribution >= 4 is 17.4 Å². The first-order valence-corrected chi connectivity index (χ1v) is 4.68. The lowest BCUT2D eigenvalue weighted by atomic mass is 10.4. The molecule has 1 heterocycles. The molecule has 4 heteroatoms. The molecule has 13 heavy (non-hydrogen) atoms. The Morgan fingerprint density at radius 2 is 2.31 bits per heavy atom. The third-order valence-electron chi connectivity index (χ3n) is 1.89. The Morgan fingerprint density at radius 1 is 1.54 bits per heavy atom. The molecule has 3 nitrogen and oxygen atoms in total. The summed E-state index contributed by atoms with van der Waals surface area (Å²) < 4.78 is 5.53. The van der Waals surface area contributed by atoms with Crippen LogP contribution in [-0.2, 0) is 0 Å². The number of halogens is 1. The van der Waals surface area contributed by atoms with Gasteiger partial charge in [-0.2, -0.15) is 0 Å². The van der Waals surface area contributed by atoms with Gasteiger partial charge >= 0.3 is 0 Å². The van der Waals surface area contributed by atoms with Crippen LogP contribution in [-0.4, -0.2) is 18.1 Å². The summed E-state index contributed by atoms with van der Waals surface area (Å²) in [6.07, 6.45) is 2.62. The van der Waals surface area contributed by atoms with Crippen LogP contribution >= 0.6 is 11.6 Å². The topological polar surface area (TPSA) is 34.1 Å². The summed E-state index contributed by atoms with van der Waals surface area (Å²) in [6.45, 7) is 0. The molecular formula is C9H11ClN2O. The molecule has 70 valence electrons. The number of pyridine rings is 1. The van der Waals surface area contributed by atoms with E-state index in [4.69, 9.17) is 16.3 Å². The maximum absolute atomic E-state index is 5.90. The second kappa shape index (κ2) is 3.42. The van der Waals surface area contributed by atoms with Crippen LogP contribution in [0.3, 0.4) is 0 Å². The van der Waals surface area contributed by atoms with Gasteiger partial charge in [-0.25, -0.2) is 4.98 Å². The minimum atomic E-state index is 0.361. The maximum atomic E-state index is 5.90. The van der Waals surface area contributed by atoms with Crippen molar-refractivity contribution in [3.05, 3.63) is 17.3 Å². The van der Waals surface area contributed by atoms with E-state index < -0.39 is 0 Å². The molecule has 1 N–H and O–H groups in total. The van der Waals surface area contributed by atoms with Gasteiger partial charge in [0.2, 0.25) is 0 Å². The number of rotatable bonds is 3. The van der Waals surface area contributed by atoms with Gasteiger partial charge in [-0.3, -0.25) is 0 Å². The van der Waals surface area contributed by atoms with Gasteiger partial charge in [-0.1, -0.05) is 11.6 Å². The second-order valence-corrected chi connectivity index (χ2v) is 3.41. The Balaban J connectivity index is 2.15. The van der Waals surface area contributed by atoms with Gasteiger partial charge in [-0.15, -0.1) is 0 Å². The first-order chi connectivity index (χ1) is 6.29. The highest BCUT2D eigenvalue weighted by Gasteiger charge is 2.24. The van der Waals surface area contributed by atoms with Gasteiger partial charge in [0.15, 0.2) is 10.9 Å². The summed E-state index contributed by atoms with van der Waals surface area (Å²) in [6, 6.07) is 3.70. The lowest BCUT2D eigenvalue weighted by Gasteiger charge is -2.06. The predicted molar refractivity (Wildman–Crippen MR) is 52.4 cm³/mol. The van der Waals surface area contributed by atoms with Crippen molar-refractivity contribution in [2.75, 3.05) is 12.4 Å². The first-order valence-electron chi connectivity index (χ1n) is 4.30. The predicted octanol–water partition coefficient (Wildman–Crippen LogP) is 2.32. The Kier molecular flexibility index (Phi) is 2.27. The third kappa shape index (κ3) is 2.04. The molecule has 0 aliphatic heterocycles. The molecule has 0 spiro atoms. The Morgan fingerprint density at radius 3 is 2.85 bits per heavy atom. The lowest BCUT2D eigenvalue weighted by Crippen LogP contribution is -1.99. The number of hydrogen-bond acceptors (Lipinski definition) is 3. The van der Waals surface area contributed by atoms with E-state index in [0.29, 0.717) is 17.0 Å². The Labute approximate surface area is 82.1 Å². The molecular weight excluding hydrogens is 188 g/mol. The molecule has 1 aromatic heterocycles. The lowest BCUT2D eigenvalue weighted by molar-refractivity contribution is 0.302. The van der Waals surface area contributed by atoms with Crippen LogP contribution in [0.25, 0.3) is 0 Å². The van der Waals surface area contributed by atoms with Gasteiger partial charge in [-0.05, 0) is 25.0 Å². The van der Waals surface area contributed by atoms with Crippen LogP contribution in [0, 0.1) is 0 Å². The molecule has 0 saturated heterocycles. The molecule has 1 aromatic rings. The van der Waals surface area contributed by atoms with E-state index in [1.807, 2.05) is 12.1 Å². The van der Waals surface area contributed by atoms with Crippen molar-refractivity contribution in [2.45, 2.75) is 18.9 Å². The van der Waals surface area contributed by atoms with E-state index in [9.17, 15) is 0 Å². The fourth-order valence-electron chi connectivity index (χ4n) is 1.01. The SMILES string of the molecule is CNc1ccc(OC2CC2)c(Cl)n1. The maximum Gasteiger partial charge on any atom is 0.173 e. The fourth-order valence-corrected chi connectivity index (χ4v) is 1.21. The zero-order valence-corrected chi connectivity index (χ0v) is 8.14. The van der Waals surface area contributed by atoms with Crippen LogP contribution in [0.2, 0.25) is 5.15 Å². The molecule has 0 amide bonds. The van der Waals surface area contributed by atoms with Crippen LogP contribution in [0.15, 0.2) is 12.1 Å². The average molecular weight is 199 g/mol. The molecule has 1 fully saturated rings. The first kappa shape index (κ1) is 8.63. The van der Waals surface area contributed by atoms with Crippen LogP contribution < -0.4 is 10.1 Å². The Bertz CT molecular complexity index is 312. The molecule has 1 aliphatic carbocycles. The van der Waals surface area contributed by atoms with Gasteiger partial charge in [0.05, 0.1) is 6.10 Å². The zero-order valence-electron chi connectivity index (χ0n) is 7.38. The summed E-state index contributed by atoms with van der Waals surface area (Å²) in [5.74, 6) is 1.44. The number of aromatic nitrogens is 1. The summed E-state index contributed by atoms with van der Waals surface area (Å²) in [5.41, 5.74) is 0. The summed E-state index contributed by atoms with van der Waals surface area (Å²) in [7, 11) is 1.81. The number of anilines is 1. The highest BCUT2D eigenvalue weighted by molar-refractivity contribution is 6.30. The summed E-state index contributed by atoms with van der Waals surface area (Å²) >= 11 is 5.90. The van der Waals surface area contributed by atoms with E-state index in [1.54, 1.807) is 7.05 Å². The van der Waals surface area contributed by atoms with Crippen LogP contribution in [0.4, 0.5) is 5.82 Å². The standard InChI is InChI=1S/C9H11ClN2O/c1-11-8-5-4-7(9(10)12-8)13-6-2-3-6/h4-6H,2-3H2,1H3,(H,11,12). The molecule has 0 atom stereocenters. The monoisotopic (exact) mass is 198 g/mol. The number of nitrogens with one attached hydrogen (secondary N) is 1. The summed E-state index contributed by atoms with van der Waals surface area (Å²) in [5, 5.41) is 3.34. The van der Waals surface area contributed by atoms with Crippen molar-refractivity contribution in [3.63, 3.8) is 0 Å². The highest BCUT2D eigenvalue weighted by atomic mass is 35.5. The normalized spacial score (nSPS) is 15.5. The molecule has 0 unspecified atom stereocenters. The number of hydrogen-bond donors (Lipinski definition) is 1. The van der Waals surface area contributed by atoms with Crippen LogP contribution in [0.1, 0.15) is 12.8 Å². The van der Waals surface area contributed by atoms with E-state index >= 15 is 0 Å². The second-order valence-electron chi connectivity index (χ2n) is 3.05. The largest absolute Gasteiger partial charge is 0.487 e. The van der Waals surface area contributed by atoms with E-state index in [0.717, 1.165) is 18.7 Å². The van der Waals surface area contributed by atoms with Gasteiger partial charge in [0.1, 0.15) is 5.82 Å². The average Bonchev–Trinajstić information content (AvgIpc) is 2.92. The van der Waals surface area contributed by atoms with Gasteiger partial charge in [0, 0.05) is 7.05 Å². The summed E-state index contributed by atoms with van der Waals surface area (Å²) in [4.78, 5) is 4.10. The smallest absolute Gasteiger partial charge is 0.173 e. The van der Waals surface area contributed by atoms with Gasteiger partial charge < -0.3 is 10.1 Å². The van der Waals surface area contributed by atoms with Crippen LogP contribution in [0.5, 0.6) is 5.75 Å². The van der Waals surface area contributed by atoms with Crippen molar-refractivity contribution in [2.24, 2.45) is 0 Å². The van der Waals surface area contributed by atoms with Gasteiger partial charge in [0.25, 0.3) is 0 Å². The van der Waals surface area contributed by atoms with E-state index in [-0.39, 0.29) is 0 Å². The minimum absolute atomic E-state index is 0.361. The molecule has 0 aromatic carbocycles. The molecule has 2 rings (SSSR count). The van der Waals surface area contributed by atoms with E-state index in [1.165, 1.54) is 0 Å². The fraction of sp³-hybridized carbons (Fsp3) is 0.444. The third-order valence-corrected chi connectivity index (χ3v) is 2.16. The molecule has 1 aliphatic rings. The van der Waals surface area contributed by atoms with Crippen molar-refractivity contribution in [1.29, 1.82) is 0 Å². The minimum Gasteiger partial charge on any atom is -0.487 e. The zero-order chi connectivity index (χ0) is 9.26. The molecule has 1 saturated carbocycles. The number of ether oxygens (including phenoxy) is 1. The Hall–Kier alpha value is -0.960. The van der Waals surface area contributed by atoms with Crippen molar-refractivity contribution < 1.29 is 4.74 Å². The number of nitrogens with zero attached hydrogens (tertiary/aromatic N) is 1. The van der Waals surface area contributed by atoms with Crippen molar-refractivity contribution in [3.8, 4) is 5.75 Å². The van der Waals surface area contributed by atoms with Crippen molar-refractivity contribution in [1.82, 2.24) is 4.98 Å². The van der Waals surface area contributed by atoms with E-state index in [2.05, 4.69) is 10.3 Å².